The highest BCUT2D eigenvalue weighted by atomic mass is 16.1. The third-order valence-corrected chi connectivity index (χ3v) is 4.10. The van der Waals surface area contributed by atoms with E-state index in [1.165, 1.54) is 5.56 Å². The fraction of sp³-hybridized carbons (Fsp3) is 0.190. The lowest BCUT2D eigenvalue weighted by molar-refractivity contribution is 0.0950. The molecule has 0 spiro atoms. The van der Waals surface area contributed by atoms with Gasteiger partial charge in [-0.15, -0.1) is 0 Å². The first-order valence-corrected chi connectivity index (χ1v) is 8.63. The van der Waals surface area contributed by atoms with E-state index in [0.29, 0.717) is 12.1 Å². The van der Waals surface area contributed by atoms with Crippen LogP contribution in [0.4, 0.5) is 11.4 Å². The fourth-order valence-corrected chi connectivity index (χ4v) is 2.80. The van der Waals surface area contributed by atoms with Gasteiger partial charge in [-0.25, -0.2) is 0 Å². The Labute approximate surface area is 153 Å². The molecule has 5 nitrogen and oxygen atoms in total. The van der Waals surface area contributed by atoms with Crippen LogP contribution >= 0.6 is 0 Å². The molecule has 0 unspecified atom stereocenters. The Kier molecular flexibility index (Phi) is 5.59. The minimum absolute atomic E-state index is 0.150. The van der Waals surface area contributed by atoms with Crippen molar-refractivity contribution < 1.29 is 4.79 Å². The molecule has 132 valence electrons. The molecular weight excluding hydrogens is 324 g/mol. The molecule has 0 bridgehead atoms. The van der Waals surface area contributed by atoms with Gasteiger partial charge in [-0.05, 0) is 49.2 Å². The largest absolute Gasteiger partial charge is 0.348 e. The van der Waals surface area contributed by atoms with Crippen LogP contribution in [0.25, 0.3) is 0 Å². The SMILES string of the molecule is CCN(c1cccc(C)c1)c1cncc(C(=O)NCc2cccnc2)c1. The Morgan fingerprint density at radius 2 is 1.92 bits per heavy atom. The lowest BCUT2D eigenvalue weighted by atomic mass is 10.1. The predicted octanol–water partition coefficient (Wildman–Crippen LogP) is 3.87. The first-order valence-electron chi connectivity index (χ1n) is 8.63. The standard InChI is InChI=1S/C21H22N4O/c1-3-25(19-8-4-6-16(2)10-19)20-11-18(14-23-15-20)21(26)24-13-17-7-5-9-22-12-17/h4-12,14-15H,3,13H2,1-2H3,(H,24,26). The number of hydrogen-bond acceptors (Lipinski definition) is 4. The molecule has 0 aliphatic carbocycles. The molecule has 3 aromatic rings. The Balaban J connectivity index is 1.77. The minimum Gasteiger partial charge on any atom is -0.348 e. The molecule has 0 radical (unpaired) electrons. The maximum atomic E-state index is 12.5. The summed E-state index contributed by atoms with van der Waals surface area (Å²) in [5.41, 5.74) is 4.67. The third kappa shape index (κ3) is 4.25. The number of benzene rings is 1. The number of carbonyl (C=O) groups is 1. The van der Waals surface area contributed by atoms with Gasteiger partial charge in [0.25, 0.3) is 5.91 Å². The zero-order valence-corrected chi connectivity index (χ0v) is 15.0. The second kappa shape index (κ2) is 8.25. The van der Waals surface area contributed by atoms with Crippen molar-refractivity contribution in [3.05, 3.63) is 83.9 Å². The van der Waals surface area contributed by atoms with E-state index >= 15 is 0 Å². The second-order valence-electron chi connectivity index (χ2n) is 6.06. The van der Waals surface area contributed by atoms with Crippen LogP contribution in [0, 0.1) is 6.92 Å². The first-order chi connectivity index (χ1) is 12.7. The van der Waals surface area contributed by atoms with Gasteiger partial charge in [-0.2, -0.15) is 0 Å². The summed E-state index contributed by atoms with van der Waals surface area (Å²) in [5.74, 6) is -0.150. The summed E-state index contributed by atoms with van der Waals surface area (Å²) >= 11 is 0. The van der Waals surface area contributed by atoms with E-state index in [1.54, 1.807) is 24.8 Å². The van der Waals surface area contributed by atoms with E-state index in [2.05, 4.69) is 52.2 Å². The van der Waals surface area contributed by atoms with Crippen LogP contribution in [-0.2, 0) is 6.54 Å². The zero-order valence-electron chi connectivity index (χ0n) is 15.0. The molecule has 5 heteroatoms. The van der Waals surface area contributed by atoms with Gasteiger partial charge in [0.15, 0.2) is 0 Å². The van der Waals surface area contributed by atoms with Gasteiger partial charge in [0.05, 0.1) is 17.4 Å². The lowest BCUT2D eigenvalue weighted by Gasteiger charge is -2.23. The topological polar surface area (TPSA) is 58.1 Å². The van der Waals surface area contributed by atoms with E-state index < -0.39 is 0 Å². The summed E-state index contributed by atoms with van der Waals surface area (Å²) in [6.07, 6.45) is 6.82. The summed E-state index contributed by atoms with van der Waals surface area (Å²) in [6, 6.07) is 13.9. The molecule has 2 heterocycles. The van der Waals surface area contributed by atoms with Gasteiger partial charge in [0.1, 0.15) is 0 Å². The van der Waals surface area contributed by atoms with Crippen molar-refractivity contribution in [3.63, 3.8) is 0 Å². The van der Waals surface area contributed by atoms with Gasteiger partial charge in [0, 0.05) is 37.4 Å². The number of nitrogens with zero attached hydrogens (tertiary/aromatic N) is 3. The van der Waals surface area contributed by atoms with Gasteiger partial charge in [0.2, 0.25) is 0 Å². The lowest BCUT2D eigenvalue weighted by Crippen LogP contribution is -2.24. The number of aryl methyl sites for hydroxylation is 1. The maximum Gasteiger partial charge on any atom is 0.253 e. The van der Waals surface area contributed by atoms with E-state index in [-0.39, 0.29) is 5.91 Å². The van der Waals surface area contributed by atoms with Gasteiger partial charge in [-0.3, -0.25) is 14.8 Å². The molecule has 3 rings (SSSR count). The quantitative estimate of drug-likeness (QED) is 0.736. The molecule has 0 saturated carbocycles. The molecule has 26 heavy (non-hydrogen) atoms. The number of pyridine rings is 2. The monoisotopic (exact) mass is 346 g/mol. The van der Waals surface area contributed by atoms with Crippen LogP contribution in [-0.4, -0.2) is 22.4 Å². The molecule has 0 aliphatic rings. The Morgan fingerprint density at radius 3 is 2.65 bits per heavy atom. The maximum absolute atomic E-state index is 12.5. The van der Waals surface area contributed by atoms with Crippen LogP contribution in [0.1, 0.15) is 28.4 Å². The Morgan fingerprint density at radius 1 is 1.04 bits per heavy atom. The second-order valence-corrected chi connectivity index (χ2v) is 6.06. The number of amides is 1. The summed E-state index contributed by atoms with van der Waals surface area (Å²) in [7, 11) is 0. The van der Waals surface area contributed by atoms with Crippen molar-refractivity contribution in [2.75, 3.05) is 11.4 Å². The van der Waals surface area contributed by atoms with Gasteiger partial charge < -0.3 is 10.2 Å². The third-order valence-electron chi connectivity index (χ3n) is 4.10. The average molecular weight is 346 g/mol. The number of aromatic nitrogens is 2. The highest BCUT2D eigenvalue weighted by Crippen LogP contribution is 2.25. The first kappa shape index (κ1) is 17.6. The molecule has 0 atom stereocenters. The van der Waals surface area contributed by atoms with E-state index in [4.69, 9.17) is 0 Å². The highest BCUT2D eigenvalue weighted by molar-refractivity contribution is 5.94. The van der Waals surface area contributed by atoms with E-state index in [9.17, 15) is 4.79 Å². The molecular formula is C21H22N4O. The number of carbonyl (C=O) groups excluding carboxylic acids is 1. The van der Waals surface area contributed by atoms with Crippen molar-refractivity contribution in [3.8, 4) is 0 Å². The van der Waals surface area contributed by atoms with Crippen LogP contribution in [0.2, 0.25) is 0 Å². The summed E-state index contributed by atoms with van der Waals surface area (Å²) in [6.45, 7) is 5.37. The molecule has 0 saturated heterocycles. The number of rotatable bonds is 6. The van der Waals surface area contributed by atoms with Crippen LogP contribution in [0.5, 0.6) is 0 Å². The number of anilines is 2. The summed E-state index contributed by atoms with van der Waals surface area (Å²) < 4.78 is 0. The zero-order chi connectivity index (χ0) is 18.4. The minimum atomic E-state index is -0.150. The number of hydrogen-bond donors (Lipinski definition) is 1. The Hall–Kier alpha value is -3.21. The average Bonchev–Trinajstić information content (AvgIpc) is 2.68. The smallest absolute Gasteiger partial charge is 0.253 e. The predicted molar refractivity (Wildman–Crippen MR) is 104 cm³/mol. The molecule has 1 amide bonds. The van der Waals surface area contributed by atoms with Gasteiger partial charge >= 0.3 is 0 Å². The van der Waals surface area contributed by atoms with Crippen molar-refractivity contribution in [2.24, 2.45) is 0 Å². The van der Waals surface area contributed by atoms with Crippen molar-refractivity contribution in [1.82, 2.24) is 15.3 Å². The highest BCUT2D eigenvalue weighted by Gasteiger charge is 2.12. The fourth-order valence-electron chi connectivity index (χ4n) is 2.80. The summed E-state index contributed by atoms with van der Waals surface area (Å²) in [5, 5.41) is 2.91. The summed E-state index contributed by atoms with van der Waals surface area (Å²) in [4.78, 5) is 22.9. The van der Waals surface area contributed by atoms with Crippen LogP contribution in [0.15, 0.2) is 67.3 Å². The van der Waals surface area contributed by atoms with Crippen LogP contribution < -0.4 is 10.2 Å². The Bertz CT molecular complexity index is 880. The van der Waals surface area contributed by atoms with Crippen molar-refractivity contribution >= 4 is 17.3 Å². The molecule has 0 fully saturated rings. The van der Waals surface area contributed by atoms with Crippen molar-refractivity contribution in [1.29, 1.82) is 0 Å². The molecule has 0 aliphatic heterocycles. The normalized spacial score (nSPS) is 10.4. The van der Waals surface area contributed by atoms with Crippen LogP contribution in [0.3, 0.4) is 0 Å². The van der Waals surface area contributed by atoms with Gasteiger partial charge in [-0.1, -0.05) is 18.2 Å². The molecule has 1 aromatic carbocycles. The molecule has 2 aromatic heterocycles. The van der Waals surface area contributed by atoms with Crippen molar-refractivity contribution in [2.45, 2.75) is 20.4 Å². The van der Waals surface area contributed by atoms with E-state index in [1.807, 2.05) is 24.3 Å². The number of nitrogens with one attached hydrogen (secondary N) is 1. The molecule has 1 N–H and O–H groups in total. The van der Waals surface area contributed by atoms with E-state index in [0.717, 1.165) is 23.5 Å².